The van der Waals surface area contributed by atoms with Crippen LogP contribution in [-0.2, 0) is 19.1 Å². The monoisotopic (exact) mass is 184 g/mol. The maximum absolute atomic E-state index is 10.4. The lowest BCUT2D eigenvalue weighted by Crippen LogP contribution is -2.34. The predicted molar refractivity (Wildman–Crippen MR) is 42.8 cm³/mol. The molecule has 0 amide bonds. The number of ether oxygens (including phenoxy) is 2. The smallest absolute Gasteiger partial charge is 0.309 e. The summed E-state index contributed by atoms with van der Waals surface area (Å²) in [6.45, 7) is 0. The second-order valence-corrected chi connectivity index (χ2v) is 3.56. The van der Waals surface area contributed by atoms with Crippen LogP contribution in [0.4, 0.5) is 0 Å². The molecule has 4 heteroatoms. The van der Waals surface area contributed by atoms with Crippen molar-refractivity contribution in [2.45, 2.75) is 44.3 Å². The molecular weight excluding hydrogens is 172 g/mol. The molecule has 13 heavy (non-hydrogen) atoms. The first-order valence-electron chi connectivity index (χ1n) is 4.63. The summed E-state index contributed by atoms with van der Waals surface area (Å²) in [5.74, 6) is -0.194. The van der Waals surface area contributed by atoms with Gasteiger partial charge in [0.15, 0.2) is 0 Å². The van der Waals surface area contributed by atoms with Crippen molar-refractivity contribution < 1.29 is 19.1 Å². The number of carbonyl (C=O) groups is 2. The van der Waals surface area contributed by atoms with Gasteiger partial charge in [-0.15, -0.1) is 0 Å². The van der Waals surface area contributed by atoms with Gasteiger partial charge in [0.25, 0.3) is 0 Å². The number of hydrogen-bond donors (Lipinski definition) is 0. The van der Waals surface area contributed by atoms with Crippen LogP contribution in [0.3, 0.4) is 0 Å². The SMILES string of the molecule is O=C1CC(CCC[C@@H]2CC(=O)O2)O1. The Hall–Kier alpha value is -1.06. The average molecular weight is 184 g/mol. The summed E-state index contributed by atoms with van der Waals surface area (Å²) in [6, 6.07) is 0. The highest BCUT2D eigenvalue weighted by atomic mass is 16.6. The summed E-state index contributed by atoms with van der Waals surface area (Å²) in [5.41, 5.74) is 0. The van der Waals surface area contributed by atoms with Crippen molar-refractivity contribution in [2.75, 3.05) is 0 Å². The maximum atomic E-state index is 10.4. The molecule has 2 aliphatic heterocycles. The Balaban J connectivity index is 1.50. The molecule has 0 aromatic rings. The molecule has 2 atom stereocenters. The summed E-state index contributed by atoms with van der Waals surface area (Å²) in [5, 5.41) is 0. The summed E-state index contributed by atoms with van der Waals surface area (Å²) in [7, 11) is 0. The zero-order valence-electron chi connectivity index (χ0n) is 7.32. The van der Waals surface area contributed by atoms with E-state index in [0.29, 0.717) is 12.8 Å². The quantitative estimate of drug-likeness (QED) is 0.606. The van der Waals surface area contributed by atoms with Crippen molar-refractivity contribution in [1.82, 2.24) is 0 Å². The van der Waals surface area contributed by atoms with Crippen LogP contribution in [0.25, 0.3) is 0 Å². The van der Waals surface area contributed by atoms with Crippen molar-refractivity contribution in [2.24, 2.45) is 0 Å². The predicted octanol–water partition coefficient (Wildman–Crippen LogP) is 0.788. The largest absolute Gasteiger partial charge is 0.462 e. The Bertz CT molecular complexity index is 196. The van der Waals surface area contributed by atoms with Gasteiger partial charge in [-0.05, 0) is 19.3 Å². The Morgan fingerprint density at radius 2 is 1.38 bits per heavy atom. The normalized spacial score (nSPS) is 31.4. The minimum atomic E-state index is -0.0972. The summed E-state index contributed by atoms with van der Waals surface area (Å²) in [6.07, 6.45) is 4.15. The van der Waals surface area contributed by atoms with Gasteiger partial charge in [-0.25, -0.2) is 0 Å². The first kappa shape index (κ1) is 8.53. The first-order chi connectivity index (χ1) is 6.24. The molecular formula is C9H12O4. The fraction of sp³-hybridized carbons (Fsp3) is 0.778. The van der Waals surface area contributed by atoms with Gasteiger partial charge < -0.3 is 9.47 Å². The van der Waals surface area contributed by atoms with Crippen LogP contribution in [-0.4, -0.2) is 24.1 Å². The van der Waals surface area contributed by atoms with Gasteiger partial charge in [-0.1, -0.05) is 0 Å². The Labute approximate surface area is 76.2 Å². The van der Waals surface area contributed by atoms with E-state index in [1.165, 1.54) is 0 Å². The lowest BCUT2D eigenvalue weighted by molar-refractivity contribution is -0.171. The van der Waals surface area contributed by atoms with E-state index in [2.05, 4.69) is 0 Å². The van der Waals surface area contributed by atoms with E-state index >= 15 is 0 Å². The summed E-state index contributed by atoms with van der Waals surface area (Å²) >= 11 is 0. The Morgan fingerprint density at radius 3 is 1.69 bits per heavy atom. The molecule has 2 fully saturated rings. The fourth-order valence-electron chi connectivity index (χ4n) is 1.62. The third-order valence-corrected chi connectivity index (χ3v) is 2.44. The van der Waals surface area contributed by atoms with E-state index in [1.54, 1.807) is 0 Å². The van der Waals surface area contributed by atoms with Crippen molar-refractivity contribution in [3.63, 3.8) is 0 Å². The molecule has 0 aromatic carbocycles. The number of rotatable bonds is 4. The van der Waals surface area contributed by atoms with Crippen LogP contribution in [0.1, 0.15) is 32.1 Å². The number of hydrogen-bond acceptors (Lipinski definition) is 4. The van der Waals surface area contributed by atoms with E-state index in [9.17, 15) is 9.59 Å². The van der Waals surface area contributed by atoms with Gasteiger partial charge >= 0.3 is 11.9 Å². The molecule has 0 spiro atoms. The minimum absolute atomic E-state index is 0.0972. The van der Waals surface area contributed by atoms with Gasteiger partial charge in [-0.2, -0.15) is 0 Å². The van der Waals surface area contributed by atoms with Crippen LogP contribution < -0.4 is 0 Å². The lowest BCUT2D eigenvalue weighted by Gasteiger charge is -2.28. The molecule has 2 heterocycles. The van der Waals surface area contributed by atoms with Crippen molar-refractivity contribution in [3.05, 3.63) is 0 Å². The van der Waals surface area contributed by atoms with Gasteiger partial charge in [0, 0.05) is 0 Å². The second-order valence-electron chi connectivity index (χ2n) is 3.56. The molecule has 0 bridgehead atoms. The molecule has 0 aliphatic carbocycles. The van der Waals surface area contributed by atoms with Gasteiger partial charge in [0.05, 0.1) is 12.8 Å². The third kappa shape index (κ3) is 1.99. The van der Waals surface area contributed by atoms with E-state index in [-0.39, 0.29) is 24.1 Å². The molecule has 0 saturated carbocycles. The molecule has 0 radical (unpaired) electrons. The Morgan fingerprint density at radius 1 is 1.00 bits per heavy atom. The number of esters is 2. The topological polar surface area (TPSA) is 52.6 Å². The molecule has 2 saturated heterocycles. The molecule has 72 valence electrons. The van der Waals surface area contributed by atoms with Crippen LogP contribution in [0.2, 0.25) is 0 Å². The average Bonchev–Trinajstić information content (AvgIpc) is 1.97. The van der Waals surface area contributed by atoms with Crippen LogP contribution in [0.15, 0.2) is 0 Å². The molecule has 1 unspecified atom stereocenters. The van der Waals surface area contributed by atoms with Crippen molar-refractivity contribution in [1.29, 1.82) is 0 Å². The number of cyclic esters (lactones) is 2. The van der Waals surface area contributed by atoms with Gasteiger partial charge in [0.2, 0.25) is 0 Å². The highest BCUT2D eigenvalue weighted by Crippen LogP contribution is 2.23. The van der Waals surface area contributed by atoms with Gasteiger partial charge in [-0.3, -0.25) is 9.59 Å². The standard InChI is InChI=1S/C9H12O4/c10-8-4-6(12-8)2-1-3-7-5-9(11)13-7/h6-7H,1-5H2/t6-,7?/m1/s1. The number of carbonyl (C=O) groups excluding carboxylic acids is 2. The van der Waals surface area contributed by atoms with E-state index < -0.39 is 0 Å². The molecule has 4 nitrogen and oxygen atoms in total. The highest BCUT2D eigenvalue weighted by Gasteiger charge is 2.30. The lowest BCUT2D eigenvalue weighted by atomic mass is 10.0. The van der Waals surface area contributed by atoms with Crippen molar-refractivity contribution in [3.8, 4) is 0 Å². The second kappa shape index (κ2) is 3.36. The fourth-order valence-corrected chi connectivity index (χ4v) is 1.62. The highest BCUT2D eigenvalue weighted by molar-refractivity contribution is 5.75. The Kier molecular flexibility index (Phi) is 2.20. The van der Waals surface area contributed by atoms with E-state index in [0.717, 1.165) is 19.3 Å². The zero-order valence-corrected chi connectivity index (χ0v) is 7.32. The van der Waals surface area contributed by atoms with Gasteiger partial charge in [0.1, 0.15) is 12.2 Å². The molecule has 0 N–H and O–H groups in total. The van der Waals surface area contributed by atoms with E-state index in [1.807, 2.05) is 0 Å². The maximum Gasteiger partial charge on any atom is 0.309 e. The summed E-state index contributed by atoms with van der Waals surface area (Å²) < 4.78 is 9.69. The molecule has 0 aromatic heterocycles. The van der Waals surface area contributed by atoms with Crippen LogP contribution >= 0.6 is 0 Å². The first-order valence-corrected chi connectivity index (χ1v) is 4.63. The van der Waals surface area contributed by atoms with Crippen LogP contribution in [0, 0.1) is 0 Å². The van der Waals surface area contributed by atoms with E-state index in [4.69, 9.17) is 9.47 Å². The van der Waals surface area contributed by atoms with Crippen LogP contribution in [0.5, 0.6) is 0 Å². The zero-order chi connectivity index (χ0) is 9.26. The third-order valence-electron chi connectivity index (χ3n) is 2.44. The summed E-state index contributed by atoms with van der Waals surface area (Å²) in [4.78, 5) is 20.9. The molecule has 2 rings (SSSR count). The van der Waals surface area contributed by atoms with Crippen molar-refractivity contribution >= 4 is 11.9 Å². The minimum Gasteiger partial charge on any atom is -0.462 e. The molecule has 2 aliphatic rings.